The molecule has 5 heterocycles. The molecule has 0 aliphatic carbocycles. The van der Waals surface area contributed by atoms with E-state index in [9.17, 15) is 0 Å². The molecule has 2 aliphatic rings. The molecular formula is C24H14N4. The monoisotopic (exact) mass is 358 g/mol. The maximum atomic E-state index is 5.75. The Morgan fingerprint density at radius 2 is 1.04 bits per heavy atom. The molecule has 0 amide bonds. The van der Waals surface area contributed by atoms with Gasteiger partial charge in [0.2, 0.25) is 0 Å². The topological polar surface area (TPSA) is 57.4 Å². The van der Waals surface area contributed by atoms with Gasteiger partial charge in [-0.25, -0.2) is 9.97 Å². The summed E-state index contributed by atoms with van der Waals surface area (Å²) in [5.74, 6) is 5.42. The molecule has 0 aromatic carbocycles. The molecule has 28 heavy (non-hydrogen) atoms. The van der Waals surface area contributed by atoms with E-state index in [1.54, 1.807) is 0 Å². The number of terminal acetylenes is 2. The quantitative estimate of drug-likeness (QED) is 0.397. The molecule has 8 bridgehead atoms. The number of nitrogens with zero attached hydrogens (tertiary/aromatic N) is 2. The molecule has 0 spiro atoms. The maximum Gasteiger partial charge on any atom is 0.0658 e. The van der Waals surface area contributed by atoms with Crippen LogP contribution < -0.4 is 0 Å². The lowest BCUT2D eigenvalue weighted by Crippen LogP contribution is -1.78. The summed E-state index contributed by atoms with van der Waals surface area (Å²) in [7, 11) is 0. The molecule has 3 aromatic rings. The van der Waals surface area contributed by atoms with Crippen molar-refractivity contribution in [2.24, 2.45) is 0 Å². The molecule has 5 rings (SSSR count). The zero-order valence-electron chi connectivity index (χ0n) is 14.8. The molecule has 0 atom stereocenters. The SMILES string of the molecule is C#Cc1c(C#C)c2cc3nc(cc4ccc(cc5nc(cc1[nH]2)C=C5)[nH]4)C=C3. The summed E-state index contributed by atoms with van der Waals surface area (Å²) >= 11 is 0. The van der Waals surface area contributed by atoms with Crippen molar-refractivity contribution in [1.29, 1.82) is 0 Å². The molecule has 0 unspecified atom stereocenters. The summed E-state index contributed by atoms with van der Waals surface area (Å²) in [6.45, 7) is 0. The Kier molecular flexibility index (Phi) is 3.50. The third kappa shape index (κ3) is 2.70. The Balaban J connectivity index is 1.93. The van der Waals surface area contributed by atoms with Gasteiger partial charge in [-0.15, -0.1) is 12.8 Å². The number of aromatic amines is 2. The van der Waals surface area contributed by atoms with Crippen LogP contribution in [-0.4, -0.2) is 19.9 Å². The Morgan fingerprint density at radius 1 is 0.607 bits per heavy atom. The molecule has 0 radical (unpaired) electrons. The molecule has 2 aliphatic heterocycles. The van der Waals surface area contributed by atoms with Gasteiger partial charge in [0.15, 0.2) is 0 Å². The highest BCUT2D eigenvalue weighted by Crippen LogP contribution is 2.23. The van der Waals surface area contributed by atoms with Crippen LogP contribution in [0.25, 0.3) is 46.4 Å². The Hall–Kier alpha value is -4.28. The Morgan fingerprint density at radius 3 is 1.46 bits per heavy atom. The molecule has 4 nitrogen and oxygen atoms in total. The molecule has 4 heteroatoms. The largest absolute Gasteiger partial charge is 0.355 e. The standard InChI is InChI=1S/C24H14N4/c1-3-21-22(4-2)24-14-20-10-8-18(27-20)12-16-6-5-15(25-16)11-17-7-9-19(26-17)13-23(21)28-24/h1-2,5-14,25,28H. The van der Waals surface area contributed by atoms with Gasteiger partial charge in [0.25, 0.3) is 0 Å². The van der Waals surface area contributed by atoms with Crippen molar-refractivity contribution >= 4 is 46.4 Å². The first kappa shape index (κ1) is 15.9. The second-order valence-electron chi connectivity index (χ2n) is 6.53. The molecule has 3 aromatic heterocycles. The third-order valence-electron chi connectivity index (χ3n) is 4.64. The van der Waals surface area contributed by atoms with E-state index >= 15 is 0 Å². The van der Waals surface area contributed by atoms with Crippen LogP contribution in [0.2, 0.25) is 0 Å². The van der Waals surface area contributed by atoms with Crippen molar-refractivity contribution in [3.63, 3.8) is 0 Å². The van der Waals surface area contributed by atoms with Crippen LogP contribution in [0.1, 0.15) is 33.9 Å². The number of rotatable bonds is 0. The number of hydrogen-bond donors (Lipinski definition) is 2. The second-order valence-corrected chi connectivity index (χ2v) is 6.53. The highest BCUT2D eigenvalue weighted by atomic mass is 14.8. The molecular weight excluding hydrogens is 344 g/mol. The predicted octanol–water partition coefficient (Wildman–Crippen LogP) is 4.62. The zero-order chi connectivity index (χ0) is 19.1. The van der Waals surface area contributed by atoms with E-state index in [1.165, 1.54) is 0 Å². The number of aromatic nitrogens is 4. The van der Waals surface area contributed by atoms with Crippen molar-refractivity contribution < 1.29 is 0 Å². The van der Waals surface area contributed by atoms with Gasteiger partial charge >= 0.3 is 0 Å². The maximum absolute atomic E-state index is 5.75. The van der Waals surface area contributed by atoms with Crippen molar-refractivity contribution in [2.75, 3.05) is 0 Å². The summed E-state index contributed by atoms with van der Waals surface area (Å²) in [6.07, 6.45) is 19.3. The summed E-state index contributed by atoms with van der Waals surface area (Å²) in [4.78, 5) is 16.0. The molecule has 0 fully saturated rings. The van der Waals surface area contributed by atoms with E-state index in [0.717, 1.165) is 44.8 Å². The van der Waals surface area contributed by atoms with Gasteiger partial charge in [-0.2, -0.15) is 0 Å². The van der Waals surface area contributed by atoms with E-state index in [4.69, 9.17) is 12.8 Å². The molecule has 0 saturated carbocycles. The lowest BCUT2D eigenvalue weighted by atomic mass is 10.1. The van der Waals surface area contributed by atoms with E-state index < -0.39 is 0 Å². The van der Waals surface area contributed by atoms with Crippen molar-refractivity contribution in [2.45, 2.75) is 0 Å². The van der Waals surface area contributed by atoms with Gasteiger partial charge in [0.05, 0.1) is 44.9 Å². The van der Waals surface area contributed by atoms with Gasteiger partial charge in [-0.1, -0.05) is 11.8 Å². The van der Waals surface area contributed by atoms with E-state index in [-0.39, 0.29) is 0 Å². The molecule has 2 N–H and O–H groups in total. The molecule has 130 valence electrons. The Labute approximate surface area is 161 Å². The van der Waals surface area contributed by atoms with Gasteiger partial charge in [-0.05, 0) is 60.7 Å². The first-order valence-corrected chi connectivity index (χ1v) is 8.76. The van der Waals surface area contributed by atoms with Crippen LogP contribution in [0.4, 0.5) is 0 Å². The minimum Gasteiger partial charge on any atom is -0.355 e. The smallest absolute Gasteiger partial charge is 0.0658 e. The second kappa shape index (κ2) is 6.16. The fourth-order valence-electron chi connectivity index (χ4n) is 3.38. The number of fused-ring (bicyclic) bond motifs is 8. The van der Waals surface area contributed by atoms with Crippen LogP contribution in [-0.2, 0) is 0 Å². The summed E-state index contributed by atoms with van der Waals surface area (Å²) in [6, 6.07) is 11.8. The normalized spacial score (nSPS) is 11.9. The number of H-pyrrole nitrogens is 2. The van der Waals surface area contributed by atoms with Gasteiger partial charge in [-0.3, -0.25) is 0 Å². The van der Waals surface area contributed by atoms with Crippen LogP contribution in [0.5, 0.6) is 0 Å². The number of hydrogen-bond acceptors (Lipinski definition) is 2. The van der Waals surface area contributed by atoms with Crippen LogP contribution in [0.3, 0.4) is 0 Å². The summed E-state index contributed by atoms with van der Waals surface area (Å²) in [5, 5.41) is 0. The van der Waals surface area contributed by atoms with Gasteiger partial charge in [0, 0.05) is 11.0 Å². The lowest BCUT2D eigenvalue weighted by molar-refractivity contribution is 1.31. The minimum absolute atomic E-state index is 0.651. The average molecular weight is 358 g/mol. The molecule has 0 saturated heterocycles. The van der Waals surface area contributed by atoms with Gasteiger partial charge < -0.3 is 9.97 Å². The number of nitrogens with one attached hydrogen (secondary N) is 2. The average Bonchev–Trinajstić information content (AvgIpc) is 3.45. The highest BCUT2D eigenvalue weighted by molar-refractivity contribution is 5.84. The van der Waals surface area contributed by atoms with Crippen molar-refractivity contribution in [3.8, 4) is 24.7 Å². The first-order valence-electron chi connectivity index (χ1n) is 8.76. The van der Waals surface area contributed by atoms with Crippen LogP contribution in [0, 0.1) is 24.7 Å². The van der Waals surface area contributed by atoms with E-state index in [0.29, 0.717) is 11.1 Å². The van der Waals surface area contributed by atoms with E-state index in [2.05, 4.69) is 31.8 Å². The minimum atomic E-state index is 0.651. The van der Waals surface area contributed by atoms with Crippen LogP contribution in [0.15, 0.2) is 36.4 Å². The van der Waals surface area contributed by atoms with Crippen LogP contribution >= 0.6 is 0 Å². The third-order valence-corrected chi connectivity index (χ3v) is 4.64. The Bertz CT molecular complexity index is 1320. The first-order chi connectivity index (χ1) is 13.7. The zero-order valence-corrected chi connectivity index (χ0v) is 14.8. The summed E-state index contributed by atoms with van der Waals surface area (Å²) in [5.41, 5.74) is 8.10. The predicted molar refractivity (Wildman–Crippen MR) is 115 cm³/mol. The lowest BCUT2D eigenvalue weighted by Gasteiger charge is -1.88. The highest BCUT2D eigenvalue weighted by Gasteiger charge is 2.09. The fraction of sp³-hybridized carbons (Fsp3) is 0. The van der Waals surface area contributed by atoms with Crippen molar-refractivity contribution in [1.82, 2.24) is 19.9 Å². The fourth-order valence-corrected chi connectivity index (χ4v) is 3.38. The van der Waals surface area contributed by atoms with Crippen molar-refractivity contribution in [3.05, 3.63) is 70.3 Å². The van der Waals surface area contributed by atoms with E-state index in [1.807, 2.05) is 60.7 Å². The summed E-state index contributed by atoms with van der Waals surface area (Å²) < 4.78 is 0. The van der Waals surface area contributed by atoms with Gasteiger partial charge in [0.1, 0.15) is 0 Å².